The standard InChI is InChI=1S/C10H16F3NO3/c11-10(12,13)4-1-5-17-6-8(9(15)16)14-7-2-3-7/h7-8,14H,1-6H2,(H,15,16). The van der Waals surface area contributed by atoms with Crippen LogP contribution in [0.5, 0.6) is 0 Å². The van der Waals surface area contributed by atoms with Crippen LogP contribution in [0, 0.1) is 0 Å². The fourth-order valence-electron chi connectivity index (χ4n) is 1.30. The average molecular weight is 255 g/mol. The second-order valence-electron chi connectivity index (χ2n) is 4.13. The topological polar surface area (TPSA) is 58.6 Å². The number of rotatable bonds is 8. The van der Waals surface area contributed by atoms with E-state index >= 15 is 0 Å². The molecule has 1 aliphatic rings. The number of ether oxygens (including phenoxy) is 1. The predicted octanol–water partition coefficient (Wildman–Crippen LogP) is 1.55. The van der Waals surface area contributed by atoms with Gasteiger partial charge in [-0.2, -0.15) is 13.2 Å². The summed E-state index contributed by atoms with van der Waals surface area (Å²) in [4.78, 5) is 10.8. The average Bonchev–Trinajstić information content (AvgIpc) is 2.97. The molecule has 1 rings (SSSR count). The van der Waals surface area contributed by atoms with Gasteiger partial charge in [0.15, 0.2) is 0 Å². The fraction of sp³-hybridized carbons (Fsp3) is 0.900. The maximum atomic E-state index is 11.8. The van der Waals surface area contributed by atoms with Crippen LogP contribution in [-0.2, 0) is 9.53 Å². The van der Waals surface area contributed by atoms with Gasteiger partial charge in [-0.3, -0.25) is 10.1 Å². The van der Waals surface area contributed by atoms with Gasteiger partial charge in [0.2, 0.25) is 0 Å². The third kappa shape index (κ3) is 7.17. The molecule has 1 unspecified atom stereocenters. The van der Waals surface area contributed by atoms with Crippen molar-refractivity contribution in [1.29, 1.82) is 0 Å². The van der Waals surface area contributed by atoms with Crippen LogP contribution in [0.25, 0.3) is 0 Å². The van der Waals surface area contributed by atoms with Gasteiger partial charge in [0.25, 0.3) is 0 Å². The molecule has 7 heteroatoms. The van der Waals surface area contributed by atoms with E-state index in [1.807, 2.05) is 0 Å². The van der Waals surface area contributed by atoms with Crippen molar-refractivity contribution >= 4 is 5.97 Å². The summed E-state index contributed by atoms with van der Waals surface area (Å²) in [7, 11) is 0. The summed E-state index contributed by atoms with van der Waals surface area (Å²) in [5.41, 5.74) is 0. The molecule has 1 saturated carbocycles. The summed E-state index contributed by atoms with van der Waals surface area (Å²) in [6.45, 7) is -0.167. The molecule has 0 aliphatic heterocycles. The van der Waals surface area contributed by atoms with Crippen LogP contribution in [0.1, 0.15) is 25.7 Å². The Morgan fingerprint density at radius 3 is 2.59 bits per heavy atom. The van der Waals surface area contributed by atoms with Crippen LogP contribution < -0.4 is 5.32 Å². The minimum atomic E-state index is -4.18. The number of nitrogens with one attached hydrogen (secondary N) is 1. The molecule has 0 aromatic heterocycles. The van der Waals surface area contributed by atoms with Gasteiger partial charge < -0.3 is 9.84 Å². The molecule has 1 fully saturated rings. The number of carbonyl (C=O) groups is 1. The van der Waals surface area contributed by atoms with Gasteiger partial charge in [0.1, 0.15) is 6.04 Å². The highest BCUT2D eigenvalue weighted by Crippen LogP contribution is 2.21. The fourth-order valence-corrected chi connectivity index (χ4v) is 1.30. The van der Waals surface area contributed by atoms with Crippen LogP contribution in [-0.4, -0.2) is 42.5 Å². The normalized spacial score (nSPS) is 18.1. The minimum Gasteiger partial charge on any atom is -0.480 e. The smallest absolute Gasteiger partial charge is 0.389 e. The molecule has 0 saturated heterocycles. The molecule has 0 bridgehead atoms. The molecule has 0 aromatic carbocycles. The van der Waals surface area contributed by atoms with Crippen molar-refractivity contribution in [1.82, 2.24) is 5.32 Å². The Kier molecular flexibility index (Phi) is 5.20. The van der Waals surface area contributed by atoms with E-state index in [0.29, 0.717) is 0 Å². The van der Waals surface area contributed by atoms with Crippen molar-refractivity contribution in [3.63, 3.8) is 0 Å². The Morgan fingerprint density at radius 2 is 2.12 bits per heavy atom. The lowest BCUT2D eigenvalue weighted by atomic mass is 10.3. The zero-order valence-corrected chi connectivity index (χ0v) is 9.29. The second kappa shape index (κ2) is 6.20. The van der Waals surface area contributed by atoms with E-state index in [4.69, 9.17) is 9.84 Å². The first-order chi connectivity index (χ1) is 7.88. The predicted molar refractivity (Wildman–Crippen MR) is 53.7 cm³/mol. The summed E-state index contributed by atoms with van der Waals surface area (Å²) >= 11 is 0. The van der Waals surface area contributed by atoms with Gasteiger partial charge >= 0.3 is 12.1 Å². The van der Waals surface area contributed by atoms with E-state index in [9.17, 15) is 18.0 Å². The van der Waals surface area contributed by atoms with Crippen molar-refractivity contribution in [3.05, 3.63) is 0 Å². The largest absolute Gasteiger partial charge is 0.480 e. The number of hydrogen-bond acceptors (Lipinski definition) is 3. The first-order valence-electron chi connectivity index (χ1n) is 5.52. The number of carboxylic acids is 1. The number of hydrogen-bond donors (Lipinski definition) is 2. The van der Waals surface area contributed by atoms with E-state index in [-0.39, 0.29) is 25.7 Å². The molecular weight excluding hydrogens is 239 g/mol. The van der Waals surface area contributed by atoms with Crippen LogP contribution in [0.2, 0.25) is 0 Å². The molecular formula is C10H16F3NO3. The lowest BCUT2D eigenvalue weighted by Crippen LogP contribution is -2.41. The van der Waals surface area contributed by atoms with Gasteiger partial charge in [-0.15, -0.1) is 0 Å². The van der Waals surface area contributed by atoms with Crippen molar-refractivity contribution in [2.75, 3.05) is 13.2 Å². The SMILES string of the molecule is O=C(O)C(COCCCC(F)(F)F)NC1CC1. The van der Waals surface area contributed by atoms with Crippen molar-refractivity contribution in [2.24, 2.45) is 0 Å². The van der Waals surface area contributed by atoms with Gasteiger partial charge in [-0.25, -0.2) is 0 Å². The summed E-state index contributed by atoms with van der Waals surface area (Å²) in [6.07, 6.45) is -3.34. The molecule has 0 heterocycles. The summed E-state index contributed by atoms with van der Waals surface area (Å²) in [6, 6.07) is -0.608. The van der Waals surface area contributed by atoms with Crippen molar-refractivity contribution < 1.29 is 27.8 Å². The molecule has 0 amide bonds. The first kappa shape index (κ1) is 14.2. The minimum absolute atomic E-state index is 0.0738. The molecule has 4 nitrogen and oxygen atoms in total. The van der Waals surface area contributed by atoms with Crippen molar-refractivity contribution in [3.8, 4) is 0 Å². The number of aliphatic carboxylic acids is 1. The summed E-state index contributed by atoms with van der Waals surface area (Å²) in [5, 5.41) is 11.7. The zero-order valence-electron chi connectivity index (χ0n) is 9.29. The van der Waals surface area contributed by atoms with E-state index in [1.165, 1.54) is 0 Å². The van der Waals surface area contributed by atoms with Crippen LogP contribution in [0.4, 0.5) is 13.2 Å². The maximum Gasteiger partial charge on any atom is 0.389 e. The van der Waals surface area contributed by atoms with Crippen molar-refractivity contribution in [2.45, 2.75) is 43.9 Å². The van der Waals surface area contributed by atoms with Crippen LogP contribution in [0.15, 0.2) is 0 Å². The Bertz CT molecular complexity index is 254. The Morgan fingerprint density at radius 1 is 1.47 bits per heavy atom. The van der Waals surface area contributed by atoms with Gasteiger partial charge in [0.05, 0.1) is 6.61 Å². The van der Waals surface area contributed by atoms with Crippen LogP contribution >= 0.6 is 0 Å². The van der Waals surface area contributed by atoms with E-state index < -0.39 is 24.6 Å². The molecule has 1 atom stereocenters. The first-order valence-corrected chi connectivity index (χ1v) is 5.52. The van der Waals surface area contributed by atoms with Gasteiger partial charge in [-0.1, -0.05) is 0 Å². The molecule has 0 spiro atoms. The van der Waals surface area contributed by atoms with E-state index in [0.717, 1.165) is 12.8 Å². The summed E-state index contributed by atoms with van der Waals surface area (Å²) < 4.78 is 40.3. The van der Waals surface area contributed by atoms with Crippen LogP contribution in [0.3, 0.4) is 0 Å². The zero-order chi connectivity index (χ0) is 12.9. The molecule has 2 N–H and O–H groups in total. The lowest BCUT2D eigenvalue weighted by molar-refractivity contribution is -0.143. The third-order valence-electron chi connectivity index (χ3n) is 2.35. The molecule has 0 aromatic rings. The number of halogens is 3. The van der Waals surface area contributed by atoms with E-state index in [2.05, 4.69) is 5.32 Å². The molecule has 100 valence electrons. The van der Waals surface area contributed by atoms with Gasteiger partial charge in [0, 0.05) is 19.1 Å². The Labute approximate surface area is 97.1 Å². The molecule has 17 heavy (non-hydrogen) atoms. The Hall–Kier alpha value is -0.820. The highest BCUT2D eigenvalue weighted by Gasteiger charge is 2.29. The third-order valence-corrected chi connectivity index (χ3v) is 2.35. The molecule has 1 aliphatic carbocycles. The Balaban J connectivity index is 2.07. The summed E-state index contributed by atoms with van der Waals surface area (Å²) in [5.74, 6) is -1.03. The monoisotopic (exact) mass is 255 g/mol. The lowest BCUT2D eigenvalue weighted by Gasteiger charge is -2.14. The quantitative estimate of drug-likeness (QED) is 0.646. The second-order valence-corrected chi connectivity index (χ2v) is 4.13. The number of carboxylic acid groups (broad SMARTS) is 1. The van der Waals surface area contributed by atoms with Gasteiger partial charge in [-0.05, 0) is 19.3 Å². The molecule has 0 radical (unpaired) electrons. The maximum absolute atomic E-state index is 11.8. The highest BCUT2D eigenvalue weighted by molar-refractivity contribution is 5.73. The van der Waals surface area contributed by atoms with E-state index in [1.54, 1.807) is 0 Å². The number of alkyl halides is 3. The highest BCUT2D eigenvalue weighted by atomic mass is 19.4.